The highest BCUT2D eigenvalue weighted by molar-refractivity contribution is 6.28. The van der Waals surface area contributed by atoms with Gasteiger partial charge >= 0.3 is 0 Å². The molecule has 0 radical (unpaired) electrons. The molecule has 1 heterocycles. The number of fused-ring (bicyclic) bond motifs is 1. The number of methoxy groups -OCH3 is 1. The molecule has 0 aliphatic heterocycles. The zero-order valence-electron chi connectivity index (χ0n) is 9.24. The minimum atomic E-state index is -0.161. The molecule has 0 amide bonds. The van der Waals surface area contributed by atoms with Gasteiger partial charge in [0.1, 0.15) is 11.3 Å². The summed E-state index contributed by atoms with van der Waals surface area (Å²) in [6.45, 7) is 1.86. The van der Waals surface area contributed by atoms with Crippen LogP contribution in [0.5, 0.6) is 5.75 Å². The lowest BCUT2D eigenvalue weighted by molar-refractivity contribution is 0.418. The van der Waals surface area contributed by atoms with Gasteiger partial charge in [0.15, 0.2) is 0 Å². The van der Waals surface area contributed by atoms with Crippen LogP contribution in [0.15, 0.2) is 16.9 Å². The maximum Gasteiger partial charge on any atom is 0.262 e. The van der Waals surface area contributed by atoms with Crippen LogP contribution in [0.25, 0.3) is 10.9 Å². The van der Waals surface area contributed by atoms with E-state index in [0.717, 1.165) is 5.56 Å². The Hall–Kier alpha value is -1.55. The molecule has 84 valence electrons. The lowest BCUT2D eigenvalue weighted by Crippen LogP contribution is -2.19. The summed E-state index contributed by atoms with van der Waals surface area (Å²) < 4.78 is 6.48. The predicted octanol–water partition coefficient (Wildman–Crippen LogP) is 1.90. The third-order valence-corrected chi connectivity index (χ3v) is 2.91. The van der Waals surface area contributed by atoms with Crippen LogP contribution in [0, 0.1) is 6.92 Å². The van der Waals surface area contributed by atoms with Gasteiger partial charge in [-0.25, -0.2) is 4.98 Å². The highest BCUT2D eigenvalue weighted by Gasteiger charge is 2.12. The third kappa shape index (κ3) is 1.46. The highest BCUT2D eigenvalue weighted by atomic mass is 35.5. The summed E-state index contributed by atoms with van der Waals surface area (Å²) in [5, 5.41) is 0.702. The summed E-state index contributed by atoms with van der Waals surface area (Å²) >= 11 is 5.87. The van der Waals surface area contributed by atoms with E-state index in [9.17, 15) is 4.79 Å². The normalized spacial score (nSPS) is 10.8. The lowest BCUT2D eigenvalue weighted by atomic mass is 10.1. The number of rotatable bonds is 1. The Morgan fingerprint density at radius 2 is 2.12 bits per heavy atom. The first kappa shape index (κ1) is 11.0. The van der Waals surface area contributed by atoms with Crippen LogP contribution < -0.4 is 10.3 Å². The van der Waals surface area contributed by atoms with E-state index < -0.39 is 0 Å². The first-order valence-electron chi connectivity index (χ1n) is 4.76. The maximum atomic E-state index is 12.0. The van der Waals surface area contributed by atoms with E-state index in [1.54, 1.807) is 13.1 Å². The summed E-state index contributed by atoms with van der Waals surface area (Å²) in [5.41, 5.74) is 1.21. The van der Waals surface area contributed by atoms with Gasteiger partial charge < -0.3 is 4.74 Å². The molecular formula is C11H11ClN2O2. The summed E-state index contributed by atoms with van der Waals surface area (Å²) in [6.07, 6.45) is 0. The molecule has 2 aromatic rings. The van der Waals surface area contributed by atoms with Crippen LogP contribution in [0.2, 0.25) is 5.28 Å². The van der Waals surface area contributed by atoms with Crippen LogP contribution in [0.4, 0.5) is 0 Å². The van der Waals surface area contributed by atoms with Crippen molar-refractivity contribution >= 4 is 22.5 Å². The van der Waals surface area contributed by atoms with Gasteiger partial charge in [0, 0.05) is 7.05 Å². The van der Waals surface area contributed by atoms with Crippen molar-refractivity contribution in [3.8, 4) is 5.75 Å². The first-order chi connectivity index (χ1) is 7.56. The average Bonchev–Trinajstić information content (AvgIpc) is 2.26. The minimum Gasteiger partial charge on any atom is -0.494 e. The van der Waals surface area contributed by atoms with Gasteiger partial charge in [0.2, 0.25) is 5.28 Å². The molecule has 2 rings (SSSR count). The smallest absolute Gasteiger partial charge is 0.262 e. The number of nitrogens with zero attached hydrogens (tertiary/aromatic N) is 2. The van der Waals surface area contributed by atoms with Crippen molar-refractivity contribution in [3.05, 3.63) is 33.3 Å². The molecule has 0 unspecified atom stereocenters. The fraction of sp³-hybridized carbons (Fsp3) is 0.273. The van der Waals surface area contributed by atoms with Gasteiger partial charge in [0.05, 0.1) is 12.5 Å². The van der Waals surface area contributed by atoms with Crippen molar-refractivity contribution in [3.63, 3.8) is 0 Å². The molecule has 0 aliphatic carbocycles. The molecule has 1 aromatic heterocycles. The number of ether oxygens (including phenoxy) is 1. The van der Waals surface area contributed by atoms with Gasteiger partial charge in [-0.3, -0.25) is 9.36 Å². The van der Waals surface area contributed by atoms with Crippen molar-refractivity contribution in [2.24, 2.45) is 7.05 Å². The second-order valence-corrected chi connectivity index (χ2v) is 3.89. The molecule has 0 N–H and O–H groups in total. The van der Waals surface area contributed by atoms with Gasteiger partial charge in [0.25, 0.3) is 5.56 Å². The van der Waals surface area contributed by atoms with Crippen molar-refractivity contribution in [2.75, 3.05) is 7.11 Å². The van der Waals surface area contributed by atoms with Crippen LogP contribution in [0.1, 0.15) is 5.56 Å². The van der Waals surface area contributed by atoms with E-state index in [-0.39, 0.29) is 10.8 Å². The molecule has 0 spiro atoms. The summed E-state index contributed by atoms with van der Waals surface area (Å²) in [4.78, 5) is 16.2. The molecule has 0 bridgehead atoms. The Morgan fingerprint density at radius 1 is 1.44 bits per heavy atom. The van der Waals surface area contributed by atoms with Crippen LogP contribution in [-0.4, -0.2) is 16.7 Å². The topological polar surface area (TPSA) is 44.1 Å². The summed E-state index contributed by atoms with van der Waals surface area (Å²) in [7, 11) is 3.13. The number of hydrogen-bond donors (Lipinski definition) is 0. The zero-order chi connectivity index (χ0) is 11.9. The second kappa shape index (κ2) is 3.79. The Bertz CT molecular complexity index is 619. The standard InChI is InChI=1S/C11H11ClN2O2/c1-6-4-5-7(16-3)9-8(6)10(15)14(2)11(12)13-9/h4-5H,1-3H3. The minimum absolute atomic E-state index is 0.154. The molecule has 0 atom stereocenters. The summed E-state index contributed by atoms with van der Waals surface area (Å²) in [5.74, 6) is 0.556. The van der Waals surface area contributed by atoms with Crippen molar-refractivity contribution in [1.82, 2.24) is 9.55 Å². The highest BCUT2D eigenvalue weighted by Crippen LogP contribution is 2.24. The van der Waals surface area contributed by atoms with E-state index in [4.69, 9.17) is 16.3 Å². The average molecular weight is 239 g/mol. The quantitative estimate of drug-likeness (QED) is 0.713. The molecule has 1 aromatic carbocycles. The van der Waals surface area contributed by atoms with Gasteiger partial charge in [-0.05, 0) is 30.2 Å². The Labute approximate surface area is 97.4 Å². The maximum absolute atomic E-state index is 12.0. The Morgan fingerprint density at radius 3 is 2.75 bits per heavy atom. The molecule has 0 saturated carbocycles. The fourth-order valence-electron chi connectivity index (χ4n) is 1.64. The Kier molecular flexibility index (Phi) is 2.59. The molecule has 5 heteroatoms. The monoisotopic (exact) mass is 238 g/mol. The zero-order valence-corrected chi connectivity index (χ0v) is 10.00. The number of benzene rings is 1. The molecule has 0 saturated heterocycles. The predicted molar refractivity (Wildman–Crippen MR) is 63.3 cm³/mol. The third-order valence-electron chi connectivity index (χ3n) is 2.57. The van der Waals surface area contributed by atoms with Crippen molar-refractivity contribution < 1.29 is 4.74 Å². The molecule has 0 fully saturated rings. The number of hydrogen-bond acceptors (Lipinski definition) is 3. The largest absolute Gasteiger partial charge is 0.494 e. The van der Waals surface area contributed by atoms with E-state index >= 15 is 0 Å². The van der Waals surface area contributed by atoms with Gasteiger partial charge in [-0.2, -0.15) is 0 Å². The SMILES string of the molecule is COc1ccc(C)c2c(=O)n(C)c(Cl)nc12. The van der Waals surface area contributed by atoms with E-state index in [2.05, 4.69) is 4.98 Å². The van der Waals surface area contributed by atoms with E-state index in [1.807, 2.05) is 13.0 Å². The summed E-state index contributed by atoms with van der Waals surface area (Å²) in [6, 6.07) is 3.61. The van der Waals surface area contributed by atoms with E-state index in [0.29, 0.717) is 16.7 Å². The number of halogens is 1. The van der Waals surface area contributed by atoms with Gasteiger partial charge in [-0.1, -0.05) is 6.07 Å². The molecule has 16 heavy (non-hydrogen) atoms. The van der Waals surface area contributed by atoms with Crippen LogP contribution >= 0.6 is 11.6 Å². The van der Waals surface area contributed by atoms with Crippen molar-refractivity contribution in [2.45, 2.75) is 6.92 Å². The first-order valence-corrected chi connectivity index (χ1v) is 5.14. The second-order valence-electron chi connectivity index (χ2n) is 3.55. The van der Waals surface area contributed by atoms with Crippen LogP contribution in [-0.2, 0) is 7.05 Å². The number of aromatic nitrogens is 2. The molecular weight excluding hydrogens is 228 g/mol. The molecule has 4 nitrogen and oxygen atoms in total. The molecule has 0 aliphatic rings. The fourth-order valence-corrected chi connectivity index (χ4v) is 1.80. The lowest BCUT2D eigenvalue weighted by Gasteiger charge is -2.09. The van der Waals surface area contributed by atoms with Crippen molar-refractivity contribution in [1.29, 1.82) is 0 Å². The number of aryl methyl sites for hydroxylation is 1. The van der Waals surface area contributed by atoms with Crippen LogP contribution in [0.3, 0.4) is 0 Å². The van der Waals surface area contributed by atoms with Gasteiger partial charge in [-0.15, -0.1) is 0 Å². The Balaban J connectivity index is 3.05. The van der Waals surface area contributed by atoms with E-state index in [1.165, 1.54) is 11.7 Å².